The summed E-state index contributed by atoms with van der Waals surface area (Å²) in [7, 11) is 1.94. The molecule has 0 saturated heterocycles. The van der Waals surface area contributed by atoms with Crippen LogP contribution in [0.2, 0.25) is 5.02 Å². The molecule has 2 rings (SSSR count). The molecule has 0 atom stereocenters. The van der Waals surface area contributed by atoms with Crippen LogP contribution >= 0.6 is 27.5 Å². The molecule has 0 amide bonds. The molecule has 1 N–H and O–H groups in total. The van der Waals surface area contributed by atoms with Gasteiger partial charge in [0.1, 0.15) is 0 Å². The lowest BCUT2D eigenvalue weighted by atomic mass is 10.2. The minimum atomic E-state index is 0.738. The molecule has 1 heterocycles. The Bertz CT molecular complexity index is 551. The van der Waals surface area contributed by atoms with Crippen molar-refractivity contribution in [3.05, 3.63) is 50.7 Å². The molecule has 18 heavy (non-hydrogen) atoms. The van der Waals surface area contributed by atoms with Crippen molar-refractivity contribution in [1.82, 2.24) is 15.1 Å². The van der Waals surface area contributed by atoms with Gasteiger partial charge in [-0.2, -0.15) is 5.10 Å². The number of aromatic nitrogens is 2. The van der Waals surface area contributed by atoms with Crippen LogP contribution in [0.5, 0.6) is 0 Å². The largest absolute Gasteiger partial charge is 0.308 e. The van der Waals surface area contributed by atoms with Crippen molar-refractivity contribution in [1.29, 1.82) is 0 Å². The number of aryl methyl sites for hydroxylation is 2. The third-order valence-electron chi connectivity index (χ3n) is 2.74. The van der Waals surface area contributed by atoms with Crippen molar-refractivity contribution >= 4 is 27.5 Å². The number of nitrogens with zero attached hydrogens (tertiary/aromatic N) is 2. The zero-order chi connectivity index (χ0) is 13.1. The highest BCUT2D eigenvalue weighted by Crippen LogP contribution is 2.23. The van der Waals surface area contributed by atoms with E-state index in [0.717, 1.165) is 28.3 Å². The Balaban J connectivity index is 1.92. The summed E-state index contributed by atoms with van der Waals surface area (Å²) in [6.45, 7) is 3.65. The fraction of sp³-hybridized carbons (Fsp3) is 0.308. The van der Waals surface area contributed by atoms with E-state index in [1.54, 1.807) is 0 Å². The lowest BCUT2D eigenvalue weighted by molar-refractivity contribution is 0.690. The van der Waals surface area contributed by atoms with Crippen molar-refractivity contribution in [2.75, 3.05) is 0 Å². The maximum atomic E-state index is 5.96. The maximum Gasteiger partial charge on any atom is 0.0638 e. The van der Waals surface area contributed by atoms with Gasteiger partial charge in [0, 0.05) is 36.4 Å². The SMILES string of the molecule is Cc1nn(C)cc1CNCc1ccc(Cl)c(Br)c1. The molecule has 0 saturated carbocycles. The number of hydrogen-bond acceptors (Lipinski definition) is 2. The third kappa shape index (κ3) is 3.34. The molecule has 5 heteroatoms. The lowest BCUT2D eigenvalue weighted by Crippen LogP contribution is -2.12. The Morgan fingerprint density at radius 1 is 1.39 bits per heavy atom. The predicted octanol–water partition coefficient (Wildman–Crippen LogP) is 3.43. The van der Waals surface area contributed by atoms with E-state index in [9.17, 15) is 0 Å². The van der Waals surface area contributed by atoms with Gasteiger partial charge in [0.25, 0.3) is 0 Å². The van der Waals surface area contributed by atoms with E-state index in [4.69, 9.17) is 11.6 Å². The van der Waals surface area contributed by atoms with Gasteiger partial charge in [0.05, 0.1) is 10.7 Å². The van der Waals surface area contributed by atoms with Crippen LogP contribution in [-0.2, 0) is 20.1 Å². The van der Waals surface area contributed by atoms with E-state index in [2.05, 4.69) is 26.3 Å². The second kappa shape index (κ2) is 5.87. The molecule has 1 aromatic carbocycles. The van der Waals surface area contributed by atoms with Crippen LogP contribution in [0.25, 0.3) is 0 Å². The van der Waals surface area contributed by atoms with Gasteiger partial charge in [-0.05, 0) is 40.5 Å². The van der Waals surface area contributed by atoms with Crippen LogP contribution in [0.1, 0.15) is 16.8 Å². The van der Waals surface area contributed by atoms with E-state index < -0.39 is 0 Å². The Morgan fingerprint density at radius 2 is 2.17 bits per heavy atom. The van der Waals surface area contributed by atoms with Crippen LogP contribution in [0.3, 0.4) is 0 Å². The van der Waals surface area contributed by atoms with Gasteiger partial charge in [-0.15, -0.1) is 0 Å². The normalized spacial score (nSPS) is 10.9. The van der Waals surface area contributed by atoms with E-state index >= 15 is 0 Å². The fourth-order valence-electron chi connectivity index (χ4n) is 1.81. The number of nitrogens with one attached hydrogen (secondary N) is 1. The Kier molecular flexibility index (Phi) is 4.43. The highest BCUT2D eigenvalue weighted by Gasteiger charge is 2.03. The van der Waals surface area contributed by atoms with Gasteiger partial charge in [-0.1, -0.05) is 17.7 Å². The number of rotatable bonds is 4. The van der Waals surface area contributed by atoms with Gasteiger partial charge in [-0.25, -0.2) is 0 Å². The third-order valence-corrected chi connectivity index (χ3v) is 3.96. The highest BCUT2D eigenvalue weighted by molar-refractivity contribution is 9.10. The molecule has 0 radical (unpaired) electrons. The first-order valence-electron chi connectivity index (χ1n) is 5.70. The van der Waals surface area contributed by atoms with E-state index in [-0.39, 0.29) is 0 Å². The Hall–Kier alpha value is -0.840. The first-order chi connectivity index (χ1) is 8.56. The summed E-state index contributed by atoms with van der Waals surface area (Å²) < 4.78 is 2.77. The molecular weight excluding hydrogens is 314 g/mol. The summed E-state index contributed by atoms with van der Waals surface area (Å²) in [4.78, 5) is 0. The van der Waals surface area contributed by atoms with Crippen molar-refractivity contribution in [3.8, 4) is 0 Å². The Morgan fingerprint density at radius 3 is 2.78 bits per heavy atom. The van der Waals surface area contributed by atoms with Gasteiger partial charge in [0.2, 0.25) is 0 Å². The summed E-state index contributed by atoms with van der Waals surface area (Å²) in [5.74, 6) is 0. The molecule has 0 aliphatic rings. The molecule has 0 spiro atoms. The number of benzene rings is 1. The molecule has 0 unspecified atom stereocenters. The summed E-state index contributed by atoms with van der Waals surface area (Å²) >= 11 is 9.38. The van der Waals surface area contributed by atoms with E-state index in [0.29, 0.717) is 0 Å². The molecule has 2 aromatic rings. The zero-order valence-electron chi connectivity index (χ0n) is 10.4. The van der Waals surface area contributed by atoms with Crippen LogP contribution in [0.15, 0.2) is 28.9 Å². The molecule has 3 nitrogen and oxygen atoms in total. The highest BCUT2D eigenvalue weighted by atomic mass is 79.9. The van der Waals surface area contributed by atoms with Gasteiger partial charge >= 0.3 is 0 Å². The van der Waals surface area contributed by atoms with Crippen molar-refractivity contribution < 1.29 is 0 Å². The van der Waals surface area contributed by atoms with Crippen molar-refractivity contribution in [2.24, 2.45) is 7.05 Å². The van der Waals surface area contributed by atoms with Gasteiger partial charge < -0.3 is 5.32 Å². The summed E-state index contributed by atoms with van der Waals surface area (Å²) in [6, 6.07) is 5.96. The minimum Gasteiger partial charge on any atom is -0.308 e. The zero-order valence-corrected chi connectivity index (χ0v) is 12.7. The number of halogens is 2. The summed E-state index contributed by atoms with van der Waals surface area (Å²) in [5.41, 5.74) is 3.50. The molecular formula is C13H15BrClN3. The van der Waals surface area contributed by atoms with E-state index in [1.807, 2.05) is 43.0 Å². The molecule has 0 aliphatic heterocycles. The molecule has 1 aromatic heterocycles. The van der Waals surface area contributed by atoms with Gasteiger partial charge in [-0.3, -0.25) is 4.68 Å². The molecule has 0 fully saturated rings. The first kappa shape index (κ1) is 13.6. The second-order valence-electron chi connectivity index (χ2n) is 4.27. The quantitative estimate of drug-likeness (QED) is 0.932. The van der Waals surface area contributed by atoms with Crippen LogP contribution < -0.4 is 5.32 Å². The van der Waals surface area contributed by atoms with Gasteiger partial charge in [0.15, 0.2) is 0 Å². The first-order valence-corrected chi connectivity index (χ1v) is 6.87. The molecule has 0 aliphatic carbocycles. The standard InChI is InChI=1S/C13H15BrClN3/c1-9-11(8-18(2)17-9)7-16-6-10-3-4-13(15)12(14)5-10/h3-5,8,16H,6-7H2,1-2H3. The molecule has 96 valence electrons. The van der Waals surface area contributed by atoms with Crippen LogP contribution in [0, 0.1) is 6.92 Å². The monoisotopic (exact) mass is 327 g/mol. The Labute approximate surface area is 120 Å². The lowest BCUT2D eigenvalue weighted by Gasteiger charge is -2.05. The topological polar surface area (TPSA) is 29.9 Å². The smallest absolute Gasteiger partial charge is 0.0638 e. The van der Waals surface area contributed by atoms with Crippen molar-refractivity contribution in [3.63, 3.8) is 0 Å². The van der Waals surface area contributed by atoms with Crippen molar-refractivity contribution in [2.45, 2.75) is 20.0 Å². The average molecular weight is 329 g/mol. The number of hydrogen-bond donors (Lipinski definition) is 1. The van der Waals surface area contributed by atoms with Crippen LogP contribution in [-0.4, -0.2) is 9.78 Å². The average Bonchev–Trinajstić information content (AvgIpc) is 2.63. The predicted molar refractivity (Wildman–Crippen MR) is 77.6 cm³/mol. The minimum absolute atomic E-state index is 0.738. The fourth-order valence-corrected chi connectivity index (χ4v) is 2.36. The summed E-state index contributed by atoms with van der Waals surface area (Å²) in [5, 5.41) is 8.45. The second-order valence-corrected chi connectivity index (χ2v) is 5.53. The maximum absolute atomic E-state index is 5.96. The van der Waals surface area contributed by atoms with Crippen LogP contribution in [0.4, 0.5) is 0 Å². The van der Waals surface area contributed by atoms with E-state index in [1.165, 1.54) is 11.1 Å². The molecule has 0 bridgehead atoms. The summed E-state index contributed by atoms with van der Waals surface area (Å²) in [6.07, 6.45) is 2.04.